The smallest absolute Gasteiger partial charge is 0.410 e. The molecule has 4 rings (SSSR count). The molecule has 0 aromatic heterocycles. The second-order valence-corrected chi connectivity index (χ2v) is 9.37. The van der Waals surface area contributed by atoms with Crippen LogP contribution in [0.3, 0.4) is 0 Å². The van der Waals surface area contributed by atoms with Gasteiger partial charge in [-0.3, -0.25) is 14.8 Å². The molecule has 2 heterocycles. The lowest BCUT2D eigenvalue weighted by Gasteiger charge is -2.41. The van der Waals surface area contributed by atoms with Crippen molar-refractivity contribution in [1.82, 2.24) is 15.3 Å². The zero-order valence-corrected chi connectivity index (χ0v) is 19.3. The third-order valence-electron chi connectivity index (χ3n) is 7.27. The van der Waals surface area contributed by atoms with Crippen molar-refractivity contribution in [2.45, 2.75) is 44.3 Å². The number of carbonyl (C=O) groups excluding carboxylic acids is 3. The Bertz CT molecular complexity index is 852. The fraction of sp³-hybridized carbons (Fsp3) is 0.625. The standard InChI is InChI=1S/C24H34N4O6/c29-18-8-10-28(11-9-18)24(32)34-19-6-7-20(21(16-19)22(30)25-33)23(31)27-14-12-26(13-15-27)17-4-2-1-3-5-17/h1-5,18-21,29,33H,6-16H2,(H,25,30)/t19-,20+,21+/m1/s1. The minimum Gasteiger partial charge on any atom is -0.446 e. The number of benzene rings is 1. The largest absolute Gasteiger partial charge is 0.446 e. The summed E-state index contributed by atoms with van der Waals surface area (Å²) in [5.41, 5.74) is 2.82. The van der Waals surface area contributed by atoms with E-state index in [9.17, 15) is 24.7 Å². The summed E-state index contributed by atoms with van der Waals surface area (Å²) in [5.74, 6) is -2.03. The van der Waals surface area contributed by atoms with Crippen molar-refractivity contribution in [2.24, 2.45) is 11.8 Å². The van der Waals surface area contributed by atoms with E-state index in [1.165, 1.54) is 0 Å². The maximum Gasteiger partial charge on any atom is 0.410 e. The average molecular weight is 475 g/mol. The van der Waals surface area contributed by atoms with Gasteiger partial charge in [0, 0.05) is 45.0 Å². The molecule has 3 fully saturated rings. The number of nitrogens with one attached hydrogen (secondary N) is 1. The van der Waals surface area contributed by atoms with Gasteiger partial charge in [-0.05, 0) is 44.2 Å². The third kappa shape index (κ3) is 5.61. The van der Waals surface area contributed by atoms with Crippen molar-refractivity contribution >= 4 is 23.6 Å². The van der Waals surface area contributed by atoms with Crippen LogP contribution in [-0.4, -0.2) is 89.5 Å². The van der Waals surface area contributed by atoms with E-state index in [2.05, 4.69) is 4.90 Å². The van der Waals surface area contributed by atoms with Crippen LogP contribution in [0.25, 0.3) is 0 Å². The number of para-hydroxylation sites is 1. The molecule has 1 saturated carbocycles. The molecule has 3 amide bonds. The summed E-state index contributed by atoms with van der Waals surface area (Å²) in [4.78, 5) is 43.9. The molecule has 1 aliphatic carbocycles. The van der Waals surface area contributed by atoms with Crippen molar-refractivity contribution < 1.29 is 29.4 Å². The van der Waals surface area contributed by atoms with Crippen LogP contribution in [0.1, 0.15) is 32.1 Å². The maximum absolute atomic E-state index is 13.3. The lowest BCUT2D eigenvalue weighted by molar-refractivity contribution is -0.149. The van der Waals surface area contributed by atoms with Crippen molar-refractivity contribution in [3.05, 3.63) is 30.3 Å². The minimum absolute atomic E-state index is 0.0869. The highest BCUT2D eigenvalue weighted by Gasteiger charge is 2.43. The molecular weight excluding hydrogens is 440 g/mol. The van der Waals surface area contributed by atoms with Crippen LogP contribution >= 0.6 is 0 Å². The molecule has 3 atom stereocenters. The van der Waals surface area contributed by atoms with Crippen LogP contribution in [0, 0.1) is 11.8 Å². The topological polar surface area (TPSA) is 123 Å². The van der Waals surface area contributed by atoms with E-state index in [0.29, 0.717) is 65.0 Å². The van der Waals surface area contributed by atoms with E-state index in [1.54, 1.807) is 15.3 Å². The third-order valence-corrected chi connectivity index (χ3v) is 7.27. The number of aliphatic hydroxyl groups is 1. The van der Waals surface area contributed by atoms with Gasteiger partial charge in [0.2, 0.25) is 11.8 Å². The number of piperidine rings is 1. The molecule has 3 N–H and O–H groups in total. The molecule has 1 aromatic carbocycles. The van der Waals surface area contributed by atoms with E-state index >= 15 is 0 Å². The van der Waals surface area contributed by atoms with Crippen LogP contribution < -0.4 is 10.4 Å². The lowest BCUT2D eigenvalue weighted by atomic mass is 9.76. The second kappa shape index (κ2) is 11.1. The normalized spacial score (nSPS) is 26.2. The minimum atomic E-state index is -0.764. The van der Waals surface area contributed by atoms with Crippen LogP contribution in [0.2, 0.25) is 0 Å². The molecule has 186 valence electrons. The van der Waals surface area contributed by atoms with E-state index < -0.39 is 36.0 Å². The number of piperazine rings is 1. The van der Waals surface area contributed by atoms with Crippen molar-refractivity contribution in [3.8, 4) is 0 Å². The monoisotopic (exact) mass is 474 g/mol. The molecule has 3 aliphatic rings. The van der Waals surface area contributed by atoms with Gasteiger partial charge in [0.05, 0.1) is 17.9 Å². The first-order chi connectivity index (χ1) is 16.5. The Balaban J connectivity index is 1.33. The van der Waals surface area contributed by atoms with Gasteiger partial charge >= 0.3 is 6.09 Å². The predicted octanol–water partition coefficient (Wildman–Crippen LogP) is 1.22. The first kappa shape index (κ1) is 24.3. The van der Waals surface area contributed by atoms with Crippen molar-refractivity contribution in [2.75, 3.05) is 44.2 Å². The summed E-state index contributed by atoms with van der Waals surface area (Å²) in [6.07, 6.45) is 0.770. The van der Waals surface area contributed by atoms with Crippen LogP contribution in [0.4, 0.5) is 10.5 Å². The number of rotatable bonds is 4. The molecule has 2 saturated heterocycles. The zero-order valence-electron chi connectivity index (χ0n) is 19.3. The number of amides is 3. The fourth-order valence-corrected chi connectivity index (χ4v) is 5.23. The summed E-state index contributed by atoms with van der Waals surface area (Å²) in [6.45, 7) is 3.43. The summed E-state index contributed by atoms with van der Waals surface area (Å²) in [6, 6.07) is 10.1. The lowest BCUT2D eigenvalue weighted by Crippen LogP contribution is -2.53. The maximum atomic E-state index is 13.3. The fourth-order valence-electron chi connectivity index (χ4n) is 5.23. The van der Waals surface area contributed by atoms with Gasteiger partial charge in [-0.15, -0.1) is 0 Å². The number of hydroxylamine groups is 1. The van der Waals surface area contributed by atoms with E-state index in [0.717, 1.165) is 5.69 Å². The highest BCUT2D eigenvalue weighted by Crippen LogP contribution is 2.34. The van der Waals surface area contributed by atoms with Gasteiger partial charge in [0.15, 0.2) is 0 Å². The second-order valence-electron chi connectivity index (χ2n) is 9.37. The van der Waals surface area contributed by atoms with E-state index in [-0.39, 0.29) is 12.3 Å². The number of aliphatic hydroxyl groups excluding tert-OH is 1. The van der Waals surface area contributed by atoms with Crippen LogP contribution in [-0.2, 0) is 14.3 Å². The number of likely N-dealkylation sites (tertiary alicyclic amines) is 1. The highest BCUT2D eigenvalue weighted by atomic mass is 16.6. The Kier molecular flexibility index (Phi) is 7.89. The van der Waals surface area contributed by atoms with Gasteiger partial charge in [-0.2, -0.15) is 0 Å². The number of nitrogens with zero attached hydrogens (tertiary/aromatic N) is 3. The van der Waals surface area contributed by atoms with Crippen LogP contribution in [0.15, 0.2) is 30.3 Å². The Morgan fingerprint density at radius 3 is 2.18 bits per heavy atom. The number of hydrogen-bond donors (Lipinski definition) is 3. The number of ether oxygens (including phenoxy) is 1. The molecule has 34 heavy (non-hydrogen) atoms. The number of carbonyl (C=O) groups is 3. The zero-order chi connectivity index (χ0) is 24.1. The molecule has 1 aromatic rings. The van der Waals surface area contributed by atoms with Gasteiger partial charge in [-0.25, -0.2) is 10.3 Å². The van der Waals surface area contributed by atoms with Gasteiger partial charge in [0.25, 0.3) is 0 Å². The Labute approximate surface area is 199 Å². The quantitative estimate of drug-likeness (QED) is 0.443. The summed E-state index contributed by atoms with van der Waals surface area (Å²) >= 11 is 0. The SMILES string of the molecule is O=C(NO)[C@H]1C[C@H](OC(=O)N2CCC(O)CC2)CC[C@@H]1C(=O)N1CCN(c2ccccc2)CC1. The highest BCUT2D eigenvalue weighted by molar-refractivity contribution is 5.87. The number of anilines is 1. The molecule has 0 spiro atoms. The van der Waals surface area contributed by atoms with Crippen molar-refractivity contribution in [3.63, 3.8) is 0 Å². The van der Waals surface area contributed by atoms with Gasteiger partial charge in [0.1, 0.15) is 6.10 Å². The molecule has 0 radical (unpaired) electrons. The van der Waals surface area contributed by atoms with Crippen LogP contribution in [0.5, 0.6) is 0 Å². The Morgan fingerprint density at radius 1 is 0.853 bits per heavy atom. The summed E-state index contributed by atoms with van der Waals surface area (Å²) in [7, 11) is 0. The molecule has 0 bridgehead atoms. The molecular formula is C24H34N4O6. The summed E-state index contributed by atoms with van der Waals surface area (Å²) in [5, 5.41) is 18.9. The molecule has 10 heteroatoms. The Morgan fingerprint density at radius 2 is 1.53 bits per heavy atom. The van der Waals surface area contributed by atoms with Gasteiger partial charge in [-0.1, -0.05) is 18.2 Å². The van der Waals surface area contributed by atoms with Gasteiger partial charge < -0.3 is 24.5 Å². The molecule has 10 nitrogen and oxygen atoms in total. The van der Waals surface area contributed by atoms with E-state index in [4.69, 9.17) is 4.74 Å². The first-order valence-electron chi connectivity index (χ1n) is 12.1. The summed E-state index contributed by atoms with van der Waals surface area (Å²) < 4.78 is 5.64. The molecule has 2 aliphatic heterocycles. The first-order valence-corrected chi connectivity index (χ1v) is 12.1. The number of hydrogen-bond acceptors (Lipinski definition) is 7. The predicted molar refractivity (Wildman–Crippen MR) is 123 cm³/mol. The average Bonchev–Trinajstić information content (AvgIpc) is 2.88. The van der Waals surface area contributed by atoms with Crippen molar-refractivity contribution in [1.29, 1.82) is 0 Å². The molecule has 0 unspecified atom stereocenters. The van der Waals surface area contributed by atoms with E-state index in [1.807, 2.05) is 30.3 Å². The Hall–Kier alpha value is -2.85.